The van der Waals surface area contributed by atoms with E-state index in [-0.39, 0.29) is 5.91 Å². The topological polar surface area (TPSA) is 50.8 Å². The monoisotopic (exact) mass is 280 g/mol. The summed E-state index contributed by atoms with van der Waals surface area (Å²) in [5.41, 5.74) is 0. The van der Waals surface area contributed by atoms with Crippen LogP contribution in [0.4, 0.5) is 0 Å². The van der Waals surface area contributed by atoms with Crippen molar-refractivity contribution in [2.45, 2.75) is 19.4 Å². The second kappa shape index (κ2) is 8.43. The van der Waals surface area contributed by atoms with Gasteiger partial charge in [-0.2, -0.15) is 0 Å². The minimum atomic E-state index is -0.467. The van der Waals surface area contributed by atoms with E-state index in [2.05, 4.69) is 5.32 Å². The molecule has 1 aromatic carbocycles. The van der Waals surface area contributed by atoms with Gasteiger partial charge in [-0.1, -0.05) is 6.92 Å². The summed E-state index contributed by atoms with van der Waals surface area (Å²) >= 11 is 0. The number of hydrogen-bond acceptors (Lipinski definition) is 4. The van der Waals surface area contributed by atoms with Gasteiger partial charge >= 0.3 is 0 Å². The smallest absolute Gasteiger partial charge is 0.261 e. The van der Waals surface area contributed by atoms with Crippen molar-refractivity contribution < 1.29 is 14.3 Å². The molecule has 0 saturated heterocycles. The number of nitrogens with one attached hydrogen (secondary N) is 1. The average molecular weight is 280 g/mol. The lowest BCUT2D eigenvalue weighted by molar-refractivity contribution is -0.128. The molecule has 5 nitrogen and oxygen atoms in total. The standard InChI is InChI=1S/C15H24N2O3/c1-5-14(15(18)16-10-11-17(2)3)20-13-8-6-12(19-4)7-9-13/h6-9,14H,5,10-11H2,1-4H3,(H,16,18)/t14-/m0/s1. The summed E-state index contributed by atoms with van der Waals surface area (Å²) in [5.74, 6) is 1.35. The Balaban J connectivity index is 2.50. The van der Waals surface area contributed by atoms with E-state index >= 15 is 0 Å². The Morgan fingerprint density at radius 3 is 2.35 bits per heavy atom. The zero-order chi connectivity index (χ0) is 15.0. The van der Waals surface area contributed by atoms with E-state index < -0.39 is 6.10 Å². The Kier molecular flexibility index (Phi) is 6.87. The van der Waals surface area contributed by atoms with Crippen molar-refractivity contribution in [3.05, 3.63) is 24.3 Å². The number of hydrogen-bond donors (Lipinski definition) is 1. The minimum Gasteiger partial charge on any atom is -0.497 e. The van der Waals surface area contributed by atoms with Crippen LogP contribution in [0.3, 0.4) is 0 Å². The molecule has 20 heavy (non-hydrogen) atoms. The van der Waals surface area contributed by atoms with Gasteiger partial charge in [0.15, 0.2) is 6.10 Å². The molecule has 0 bridgehead atoms. The zero-order valence-electron chi connectivity index (χ0n) is 12.7. The number of nitrogens with zero attached hydrogens (tertiary/aromatic N) is 1. The third kappa shape index (κ3) is 5.48. The zero-order valence-corrected chi connectivity index (χ0v) is 12.7. The fraction of sp³-hybridized carbons (Fsp3) is 0.533. The SMILES string of the molecule is CC[C@H](Oc1ccc(OC)cc1)C(=O)NCCN(C)C. The second-order valence-corrected chi connectivity index (χ2v) is 4.78. The van der Waals surface area contributed by atoms with E-state index in [0.717, 1.165) is 12.3 Å². The molecule has 0 spiro atoms. The molecular weight excluding hydrogens is 256 g/mol. The van der Waals surface area contributed by atoms with Crippen LogP contribution in [0.15, 0.2) is 24.3 Å². The summed E-state index contributed by atoms with van der Waals surface area (Å²) in [5, 5.41) is 2.88. The maximum Gasteiger partial charge on any atom is 0.261 e. The van der Waals surface area contributed by atoms with Crippen LogP contribution in [0.25, 0.3) is 0 Å². The Hall–Kier alpha value is -1.75. The van der Waals surface area contributed by atoms with Crippen LogP contribution in [0.5, 0.6) is 11.5 Å². The van der Waals surface area contributed by atoms with Crippen molar-refractivity contribution in [1.82, 2.24) is 10.2 Å². The lowest BCUT2D eigenvalue weighted by Gasteiger charge is -2.18. The third-order valence-electron chi connectivity index (χ3n) is 2.86. The van der Waals surface area contributed by atoms with Gasteiger partial charge in [0.2, 0.25) is 0 Å². The highest BCUT2D eigenvalue weighted by molar-refractivity contribution is 5.81. The molecule has 0 saturated carbocycles. The van der Waals surface area contributed by atoms with Crippen LogP contribution in [0, 0.1) is 0 Å². The predicted octanol–water partition coefficient (Wildman–Crippen LogP) is 1.53. The van der Waals surface area contributed by atoms with Crippen molar-refractivity contribution in [2.24, 2.45) is 0 Å². The molecule has 1 aromatic rings. The van der Waals surface area contributed by atoms with E-state index in [1.54, 1.807) is 19.2 Å². The molecular formula is C15H24N2O3. The van der Waals surface area contributed by atoms with Gasteiger partial charge in [0, 0.05) is 13.1 Å². The third-order valence-corrected chi connectivity index (χ3v) is 2.86. The number of rotatable bonds is 8. The molecule has 1 rings (SSSR count). The molecule has 5 heteroatoms. The molecule has 0 aliphatic heterocycles. The molecule has 0 aliphatic carbocycles. The molecule has 0 aromatic heterocycles. The first kappa shape index (κ1) is 16.3. The van der Waals surface area contributed by atoms with Crippen molar-refractivity contribution in [3.8, 4) is 11.5 Å². The number of ether oxygens (including phenoxy) is 2. The van der Waals surface area contributed by atoms with Gasteiger partial charge in [-0.3, -0.25) is 4.79 Å². The molecule has 0 radical (unpaired) electrons. The number of amides is 1. The highest BCUT2D eigenvalue weighted by atomic mass is 16.5. The van der Waals surface area contributed by atoms with Gasteiger partial charge in [0.25, 0.3) is 5.91 Å². The first-order chi connectivity index (χ1) is 9.56. The van der Waals surface area contributed by atoms with Crippen LogP contribution in [0.2, 0.25) is 0 Å². The van der Waals surface area contributed by atoms with Crippen molar-refractivity contribution >= 4 is 5.91 Å². The van der Waals surface area contributed by atoms with Gasteiger partial charge in [0.05, 0.1) is 7.11 Å². The summed E-state index contributed by atoms with van der Waals surface area (Å²) in [6, 6.07) is 7.22. The molecule has 0 heterocycles. The number of carbonyl (C=O) groups is 1. The maximum absolute atomic E-state index is 12.0. The molecule has 0 fully saturated rings. The Morgan fingerprint density at radius 2 is 1.85 bits per heavy atom. The Bertz CT molecular complexity index is 404. The van der Waals surface area contributed by atoms with E-state index in [4.69, 9.17) is 9.47 Å². The lowest BCUT2D eigenvalue weighted by Crippen LogP contribution is -2.40. The minimum absolute atomic E-state index is 0.0785. The molecule has 1 amide bonds. The van der Waals surface area contributed by atoms with Crippen molar-refractivity contribution in [1.29, 1.82) is 0 Å². The number of methoxy groups -OCH3 is 1. The summed E-state index contributed by atoms with van der Waals surface area (Å²) in [4.78, 5) is 14.0. The fourth-order valence-electron chi connectivity index (χ4n) is 1.66. The van der Waals surface area contributed by atoms with E-state index in [1.807, 2.05) is 38.1 Å². The lowest BCUT2D eigenvalue weighted by atomic mass is 10.2. The van der Waals surface area contributed by atoms with Gasteiger partial charge in [-0.25, -0.2) is 0 Å². The summed E-state index contributed by atoms with van der Waals surface area (Å²) in [6.07, 6.45) is 0.158. The van der Waals surface area contributed by atoms with Crippen LogP contribution in [0.1, 0.15) is 13.3 Å². The number of benzene rings is 1. The second-order valence-electron chi connectivity index (χ2n) is 4.78. The maximum atomic E-state index is 12.0. The summed E-state index contributed by atoms with van der Waals surface area (Å²) in [6.45, 7) is 3.36. The first-order valence-corrected chi connectivity index (χ1v) is 6.80. The molecule has 1 N–H and O–H groups in total. The van der Waals surface area contributed by atoms with Crippen LogP contribution >= 0.6 is 0 Å². The van der Waals surface area contributed by atoms with Crippen LogP contribution < -0.4 is 14.8 Å². The normalized spacial score (nSPS) is 12.1. The summed E-state index contributed by atoms with van der Waals surface area (Å²) in [7, 11) is 5.55. The van der Waals surface area contributed by atoms with E-state index in [0.29, 0.717) is 18.7 Å². The van der Waals surface area contributed by atoms with Crippen molar-refractivity contribution in [2.75, 3.05) is 34.3 Å². The van der Waals surface area contributed by atoms with E-state index in [9.17, 15) is 4.79 Å². The van der Waals surface area contributed by atoms with Gasteiger partial charge < -0.3 is 19.7 Å². The number of likely N-dealkylation sites (N-methyl/N-ethyl adjacent to an activating group) is 1. The fourth-order valence-corrected chi connectivity index (χ4v) is 1.66. The quantitative estimate of drug-likeness (QED) is 0.784. The average Bonchev–Trinajstić information content (AvgIpc) is 2.44. The predicted molar refractivity (Wildman–Crippen MR) is 79.3 cm³/mol. The molecule has 112 valence electrons. The van der Waals surface area contributed by atoms with E-state index in [1.165, 1.54) is 0 Å². The molecule has 0 unspecified atom stereocenters. The Labute approximate surface area is 120 Å². The van der Waals surface area contributed by atoms with Gasteiger partial charge in [0.1, 0.15) is 11.5 Å². The van der Waals surface area contributed by atoms with Gasteiger partial charge in [-0.05, 0) is 44.8 Å². The highest BCUT2D eigenvalue weighted by Crippen LogP contribution is 2.18. The van der Waals surface area contributed by atoms with Crippen LogP contribution in [-0.2, 0) is 4.79 Å². The van der Waals surface area contributed by atoms with Crippen molar-refractivity contribution in [3.63, 3.8) is 0 Å². The Morgan fingerprint density at radius 1 is 1.25 bits per heavy atom. The van der Waals surface area contributed by atoms with Gasteiger partial charge in [-0.15, -0.1) is 0 Å². The molecule has 1 atom stereocenters. The molecule has 0 aliphatic rings. The first-order valence-electron chi connectivity index (χ1n) is 6.80. The van der Waals surface area contributed by atoms with Crippen LogP contribution in [-0.4, -0.2) is 51.2 Å². The highest BCUT2D eigenvalue weighted by Gasteiger charge is 2.17. The largest absolute Gasteiger partial charge is 0.497 e. The summed E-state index contributed by atoms with van der Waals surface area (Å²) < 4.78 is 10.8. The number of carbonyl (C=O) groups excluding carboxylic acids is 1.